The van der Waals surface area contributed by atoms with Crippen LogP contribution in [0.25, 0.3) is 0 Å². The third-order valence-electron chi connectivity index (χ3n) is 7.31. The summed E-state index contributed by atoms with van der Waals surface area (Å²) in [6.45, 7) is 8.76. The molecule has 3 N–H and O–H groups in total. The molecular formula is C24H39N3O2. The maximum Gasteiger partial charge on any atom is 0.128 e. The highest BCUT2D eigenvalue weighted by molar-refractivity contribution is 5.96. The lowest BCUT2D eigenvalue weighted by Crippen LogP contribution is -2.55. The van der Waals surface area contributed by atoms with Crippen LogP contribution in [0, 0.1) is 10.8 Å². The molecule has 1 aromatic carbocycles. The molecular weight excluding hydrogens is 362 g/mol. The topological polar surface area (TPSA) is 66.4 Å². The predicted molar refractivity (Wildman–Crippen MR) is 119 cm³/mol. The van der Waals surface area contributed by atoms with E-state index in [1.807, 2.05) is 19.2 Å². The van der Waals surface area contributed by atoms with E-state index in [1.54, 1.807) is 7.11 Å². The SMILES string of the molecule is CN[C@H]1CC[C@H](NC(=N)c2ccc3c(c2)CC[C@H]([C@](C)(OC)C(C)(C)C)O3)CC1. The van der Waals surface area contributed by atoms with Crippen molar-refractivity contribution in [2.24, 2.45) is 5.41 Å². The fourth-order valence-electron chi connectivity index (χ4n) is 4.67. The first kappa shape index (κ1) is 22.1. The van der Waals surface area contributed by atoms with Crippen molar-refractivity contribution in [2.75, 3.05) is 14.2 Å². The Kier molecular flexibility index (Phi) is 6.59. The lowest BCUT2D eigenvalue weighted by molar-refractivity contribution is -0.147. The molecule has 5 nitrogen and oxygen atoms in total. The number of hydrogen-bond acceptors (Lipinski definition) is 4. The number of aryl methyl sites for hydroxylation is 1. The smallest absolute Gasteiger partial charge is 0.128 e. The fourth-order valence-corrected chi connectivity index (χ4v) is 4.67. The Morgan fingerprint density at radius 2 is 1.72 bits per heavy atom. The van der Waals surface area contributed by atoms with Crippen LogP contribution in [0.5, 0.6) is 5.75 Å². The van der Waals surface area contributed by atoms with Crippen LogP contribution in [-0.2, 0) is 11.2 Å². The zero-order valence-electron chi connectivity index (χ0n) is 19.0. The zero-order chi connectivity index (χ0) is 21.2. The van der Waals surface area contributed by atoms with Crippen LogP contribution in [0.4, 0.5) is 0 Å². The first-order chi connectivity index (χ1) is 13.7. The Labute approximate surface area is 176 Å². The van der Waals surface area contributed by atoms with Crippen LogP contribution in [0.2, 0.25) is 0 Å². The van der Waals surface area contributed by atoms with E-state index in [-0.39, 0.29) is 17.1 Å². The summed E-state index contributed by atoms with van der Waals surface area (Å²) in [7, 11) is 3.82. The second-order valence-electron chi connectivity index (χ2n) is 9.89. The second-order valence-corrected chi connectivity index (χ2v) is 9.89. The molecule has 0 saturated heterocycles. The van der Waals surface area contributed by atoms with Gasteiger partial charge in [-0.3, -0.25) is 5.41 Å². The van der Waals surface area contributed by atoms with Crippen molar-refractivity contribution in [1.82, 2.24) is 10.6 Å². The van der Waals surface area contributed by atoms with Crippen LogP contribution < -0.4 is 15.4 Å². The summed E-state index contributed by atoms with van der Waals surface area (Å²) < 4.78 is 12.3. The van der Waals surface area contributed by atoms with Gasteiger partial charge in [0.2, 0.25) is 0 Å². The highest BCUT2D eigenvalue weighted by Gasteiger charge is 2.47. The molecule has 2 atom stereocenters. The quantitative estimate of drug-likeness (QED) is 0.509. The molecule has 1 aliphatic heterocycles. The van der Waals surface area contributed by atoms with Gasteiger partial charge in [-0.15, -0.1) is 0 Å². The Morgan fingerprint density at radius 3 is 2.31 bits per heavy atom. The Hall–Kier alpha value is -1.59. The third kappa shape index (κ3) is 4.61. The average molecular weight is 402 g/mol. The van der Waals surface area contributed by atoms with Gasteiger partial charge in [-0.25, -0.2) is 0 Å². The number of rotatable bonds is 5. The molecule has 29 heavy (non-hydrogen) atoms. The van der Waals surface area contributed by atoms with Gasteiger partial charge in [0, 0.05) is 24.8 Å². The maximum absolute atomic E-state index is 8.54. The van der Waals surface area contributed by atoms with Crippen molar-refractivity contribution < 1.29 is 9.47 Å². The molecule has 1 heterocycles. The third-order valence-corrected chi connectivity index (χ3v) is 7.31. The van der Waals surface area contributed by atoms with Crippen LogP contribution in [0.15, 0.2) is 18.2 Å². The van der Waals surface area contributed by atoms with Crippen LogP contribution in [0.1, 0.15) is 70.9 Å². The molecule has 0 bridgehead atoms. The highest BCUT2D eigenvalue weighted by Crippen LogP contribution is 2.42. The normalized spacial score (nSPS) is 26.8. The number of ether oxygens (including phenoxy) is 2. The number of methoxy groups -OCH3 is 1. The molecule has 0 aromatic heterocycles. The van der Waals surface area contributed by atoms with E-state index >= 15 is 0 Å². The lowest BCUT2D eigenvalue weighted by Gasteiger charge is -2.47. The molecule has 0 amide bonds. The molecule has 0 radical (unpaired) electrons. The largest absolute Gasteiger partial charge is 0.487 e. The molecule has 2 aliphatic rings. The van der Waals surface area contributed by atoms with Crippen molar-refractivity contribution in [1.29, 1.82) is 5.41 Å². The number of hydrogen-bond donors (Lipinski definition) is 3. The van der Waals surface area contributed by atoms with E-state index in [9.17, 15) is 0 Å². The molecule has 0 unspecified atom stereocenters. The van der Waals surface area contributed by atoms with E-state index < -0.39 is 0 Å². The number of fused-ring (bicyclic) bond motifs is 1. The molecule has 1 aliphatic carbocycles. The van der Waals surface area contributed by atoms with Gasteiger partial charge in [0.25, 0.3) is 0 Å². The molecule has 1 aromatic rings. The average Bonchev–Trinajstić information content (AvgIpc) is 2.72. The van der Waals surface area contributed by atoms with Crippen molar-refractivity contribution in [3.63, 3.8) is 0 Å². The molecule has 3 rings (SSSR count). The van der Waals surface area contributed by atoms with Gasteiger partial charge in [0.15, 0.2) is 0 Å². The van der Waals surface area contributed by atoms with Gasteiger partial charge in [-0.1, -0.05) is 20.8 Å². The van der Waals surface area contributed by atoms with Crippen molar-refractivity contribution in [3.8, 4) is 5.75 Å². The standard InChI is InChI=1S/C24H39N3O2/c1-23(2,3)24(4,28-6)21-14-8-16-15-17(7-13-20(16)29-21)22(25)27-19-11-9-18(26-5)10-12-19/h7,13,15,18-19,21,26H,8-12,14H2,1-6H3,(H2,25,27)/t18-,19-,21-,24+/m1/s1. The number of nitrogens with one attached hydrogen (secondary N) is 3. The summed E-state index contributed by atoms with van der Waals surface area (Å²) in [5.74, 6) is 1.46. The second kappa shape index (κ2) is 8.65. The Balaban J connectivity index is 1.66. The lowest BCUT2D eigenvalue weighted by atomic mass is 9.72. The van der Waals surface area contributed by atoms with Crippen molar-refractivity contribution in [3.05, 3.63) is 29.3 Å². The molecule has 1 saturated carbocycles. The fraction of sp³-hybridized carbons (Fsp3) is 0.708. The van der Waals surface area contributed by atoms with Crippen LogP contribution in [-0.4, -0.2) is 43.8 Å². The van der Waals surface area contributed by atoms with Crippen molar-refractivity contribution in [2.45, 2.75) is 90.0 Å². The number of amidine groups is 1. The van der Waals surface area contributed by atoms with E-state index in [2.05, 4.69) is 44.4 Å². The summed E-state index contributed by atoms with van der Waals surface area (Å²) in [6, 6.07) is 7.20. The van der Waals surface area contributed by atoms with Crippen LogP contribution >= 0.6 is 0 Å². The summed E-state index contributed by atoms with van der Waals surface area (Å²) in [6.07, 6.45) is 6.47. The van der Waals surface area contributed by atoms with E-state index in [0.29, 0.717) is 17.9 Å². The molecule has 5 heteroatoms. The predicted octanol–water partition coefficient (Wildman–Crippen LogP) is 4.28. The minimum absolute atomic E-state index is 0.0192. The van der Waals surface area contributed by atoms with Gasteiger partial charge < -0.3 is 20.1 Å². The summed E-state index contributed by atoms with van der Waals surface area (Å²) in [5, 5.41) is 15.4. The molecule has 162 valence electrons. The first-order valence-electron chi connectivity index (χ1n) is 11.1. The zero-order valence-corrected chi connectivity index (χ0v) is 19.0. The minimum Gasteiger partial charge on any atom is -0.487 e. The number of benzene rings is 1. The molecule has 1 fully saturated rings. The minimum atomic E-state index is -0.357. The van der Waals surface area contributed by atoms with Crippen molar-refractivity contribution >= 4 is 5.84 Å². The van der Waals surface area contributed by atoms with E-state index in [4.69, 9.17) is 14.9 Å². The summed E-state index contributed by atoms with van der Waals surface area (Å²) in [4.78, 5) is 0. The van der Waals surface area contributed by atoms with E-state index in [1.165, 1.54) is 18.4 Å². The molecule has 0 spiro atoms. The highest BCUT2D eigenvalue weighted by atomic mass is 16.5. The van der Waals surface area contributed by atoms with Gasteiger partial charge in [0.1, 0.15) is 23.3 Å². The Bertz CT molecular complexity index is 719. The monoisotopic (exact) mass is 401 g/mol. The van der Waals surface area contributed by atoms with Gasteiger partial charge >= 0.3 is 0 Å². The van der Waals surface area contributed by atoms with Gasteiger partial charge in [-0.05, 0) is 81.7 Å². The Morgan fingerprint density at radius 1 is 1.07 bits per heavy atom. The summed E-state index contributed by atoms with van der Waals surface area (Å²) in [5.41, 5.74) is 1.76. The maximum atomic E-state index is 8.54. The van der Waals surface area contributed by atoms with Gasteiger partial charge in [-0.2, -0.15) is 0 Å². The first-order valence-corrected chi connectivity index (χ1v) is 11.1. The van der Waals surface area contributed by atoms with Crippen LogP contribution in [0.3, 0.4) is 0 Å². The summed E-state index contributed by atoms with van der Waals surface area (Å²) >= 11 is 0. The van der Waals surface area contributed by atoms with E-state index in [0.717, 1.165) is 37.0 Å². The van der Waals surface area contributed by atoms with Gasteiger partial charge in [0.05, 0.1) is 0 Å².